The molecular formula is C14H24N4. The van der Waals surface area contributed by atoms with Crippen molar-refractivity contribution in [2.75, 3.05) is 25.0 Å². The van der Waals surface area contributed by atoms with Crippen molar-refractivity contribution in [3.63, 3.8) is 0 Å². The first-order valence-electron chi connectivity index (χ1n) is 7.33. The summed E-state index contributed by atoms with van der Waals surface area (Å²) < 4.78 is 2.27. The number of aromatic nitrogens is 2. The molecule has 1 fully saturated rings. The van der Waals surface area contributed by atoms with E-state index in [9.17, 15) is 0 Å². The van der Waals surface area contributed by atoms with Crippen molar-refractivity contribution in [3.8, 4) is 0 Å². The summed E-state index contributed by atoms with van der Waals surface area (Å²) in [6.07, 6.45) is 7.63. The molecule has 1 atom stereocenters. The van der Waals surface area contributed by atoms with E-state index in [4.69, 9.17) is 4.98 Å². The summed E-state index contributed by atoms with van der Waals surface area (Å²) in [5, 5.41) is 7.02. The van der Waals surface area contributed by atoms with E-state index in [0.29, 0.717) is 0 Å². The van der Waals surface area contributed by atoms with E-state index in [1.54, 1.807) is 0 Å². The van der Waals surface area contributed by atoms with Gasteiger partial charge in [-0.3, -0.25) is 0 Å². The van der Waals surface area contributed by atoms with Crippen LogP contribution in [0.25, 0.3) is 0 Å². The maximum absolute atomic E-state index is 4.77. The van der Waals surface area contributed by atoms with Gasteiger partial charge in [0.15, 0.2) is 0 Å². The van der Waals surface area contributed by atoms with Crippen molar-refractivity contribution >= 4 is 5.95 Å². The van der Waals surface area contributed by atoms with E-state index < -0.39 is 0 Å². The van der Waals surface area contributed by atoms with E-state index in [0.717, 1.165) is 31.4 Å². The minimum absolute atomic E-state index is 0.757. The van der Waals surface area contributed by atoms with Gasteiger partial charge in [-0.1, -0.05) is 0 Å². The van der Waals surface area contributed by atoms with Gasteiger partial charge in [-0.05, 0) is 57.5 Å². The summed E-state index contributed by atoms with van der Waals surface area (Å²) in [4.78, 5) is 4.77. The zero-order valence-corrected chi connectivity index (χ0v) is 11.3. The molecule has 1 unspecified atom stereocenters. The Morgan fingerprint density at radius 3 is 3.00 bits per heavy atom. The maximum Gasteiger partial charge on any atom is 0.203 e. The molecule has 0 radical (unpaired) electrons. The molecule has 0 aromatic carbocycles. The molecule has 0 saturated carbocycles. The van der Waals surface area contributed by atoms with Gasteiger partial charge in [0, 0.05) is 19.3 Å². The Kier molecular flexibility index (Phi) is 3.55. The molecule has 4 nitrogen and oxygen atoms in total. The number of aryl methyl sites for hydroxylation is 1. The lowest BCUT2D eigenvalue weighted by molar-refractivity contribution is 0.392. The average molecular weight is 248 g/mol. The predicted molar refractivity (Wildman–Crippen MR) is 73.9 cm³/mol. The van der Waals surface area contributed by atoms with Gasteiger partial charge in [-0.25, -0.2) is 4.98 Å². The number of rotatable bonds is 3. The van der Waals surface area contributed by atoms with Crippen molar-refractivity contribution in [2.24, 2.45) is 13.0 Å². The fraction of sp³-hybridized carbons (Fsp3) is 0.786. The highest BCUT2D eigenvalue weighted by atomic mass is 15.2. The number of fused-ring (bicyclic) bond motifs is 1. The van der Waals surface area contributed by atoms with Gasteiger partial charge in [-0.15, -0.1) is 0 Å². The Labute approximate surface area is 109 Å². The average Bonchev–Trinajstić information content (AvgIpc) is 2.75. The first-order chi connectivity index (χ1) is 8.84. The molecule has 4 heteroatoms. The van der Waals surface area contributed by atoms with E-state index in [1.807, 2.05) is 0 Å². The molecule has 100 valence electrons. The Morgan fingerprint density at radius 1 is 1.33 bits per heavy atom. The molecule has 0 spiro atoms. The van der Waals surface area contributed by atoms with Crippen LogP contribution in [0.2, 0.25) is 0 Å². The van der Waals surface area contributed by atoms with Crippen molar-refractivity contribution in [2.45, 2.75) is 38.5 Å². The number of hydrogen-bond donors (Lipinski definition) is 2. The van der Waals surface area contributed by atoms with Crippen LogP contribution in [-0.4, -0.2) is 29.2 Å². The maximum atomic E-state index is 4.77. The van der Waals surface area contributed by atoms with Crippen molar-refractivity contribution in [3.05, 3.63) is 11.4 Å². The van der Waals surface area contributed by atoms with E-state index in [-0.39, 0.29) is 0 Å². The molecule has 3 rings (SSSR count). The lowest BCUT2D eigenvalue weighted by atomic mass is 10.00. The first kappa shape index (κ1) is 12.0. The summed E-state index contributed by atoms with van der Waals surface area (Å²) in [7, 11) is 2.15. The zero-order valence-electron chi connectivity index (χ0n) is 11.3. The predicted octanol–water partition coefficient (Wildman–Crippen LogP) is 1.71. The van der Waals surface area contributed by atoms with Gasteiger partial charge in [0.1, 0.15) is 0 Å². The number of nitrogens with zero attached hydrogens (tertiary/aromatic N) is 2. The van der Waals surface area contributed by atoms with Crippen molar-refractivity contribution < 1.29 is 0 Å². The highest BCUT2D eigenvalue weighted by Gasteiger charge is 2.19. The standard InChI is InChI=1S/C14H24N4/c1-18-13-7-3-2-6-12(13)17-14(18)16-10-11-5-4-8-15-9-11/h11,15H,2-10H2,1H3,(H,16,17). The normalized spacial score (nSPS) is 23.7. The number of imidazole rings is 1. The van der Waals surface area contributed by atoms with Gasteiger partial charge in [0.05, 0.1) is 5.69 Å². The second-order valence-corrected chi connectivity index (χ2v) is 5.69. The van der Waals surface area contributed by atoms with Gasteiger partial charge >= 0.3 is 0 Å². The van der Waals surface area contributed by atoms with Crippen LogP contribution in [0.4, 0.5) is 5.95 Å². The molecule has 1 aliphatic carbocycles. The van der Waals surface area contributed by atoms with Crippen LogP contribution in [-0.2, 0) is 19.9 Å². The van der Waals surface area contributed by atoms with Crippen LogP contribution in [0.1, 0.15) is 37.1 Å². The molecular weight excluding hydrogens is 224 g/mol. The Balaban J connectivity index is 1.63. The fourth-order valence-corrected chi connectivity index (χ4v) is 3.18. The van der Waals surface area contributed by atoms with Crippen LogP contribution in [0.5, 0.6) is 0 Å². The number of piperidine rings is 1. The minimum atomic E-state index is 0.757. The smallest absolute Gasteiger partial charge is 0.203 e. The van der Waals surface area contributed by atoms with Crippen molar-refractivity contribution in [1.29, 1.82) is 0 Å². The molecule has 18 heavy (non-hydrogen) atoms. The number of anilines is 1. The van der Waals surface area contributed by atoms with E-state index in [2.05, 4.69) is 22.2 Å². The topological polar surface area (TPSA) is 41.9 Å². The Hall–Kier alpha value is -1.03. The SMILES string of the molecule is Cn1c(NCC2CCCNC2)nc2c1CCCC2. The van der Waals surface area contributed by atoms with Crippen LogP contribution >= 0.6 is 0 Å². The van der Waals surface area contributed by atoms with Gasteiger partial charge < -0.3 is 15.2 Å². The van der Waals surface area contributed by atoms with Crippen LogP contribution < -0.4 is 10.6 Å². The molecule has 0 amide bonds. The molecule has 1 saturated heterocycles. The van der Waals surface area contributed by atoms with Gasteiger partial charge in [0.2, 0.25) is 5.95 Å². The number of hydrogen-bond acceptors (Lipinski definition) is 3. The summed E-state index contributed by atoms with van der Waals surface area (Å²) in [6.45, 7) is 3.39. The third-order valence-electron chi connectivity index (χ3n) is 4.32. The second kappa shape index (κ2) is 5.31. The van der Waals surface area contributed by atoms with E-state index in [1.165, 1.54) is 50.0 Å². The highest BCUT2D eigenvalue weighted by Crippen LogP contribution is 2.23. The summed E-state index contributed by atoms with van der Waals surface area (Å²) >= 11 is 0. The zero-order chi connectivity index (χ0) is 12.4. The van der Waals surface area contributed by atoms with Crippen LogP contribution in [0.15, 0.2) is 0 Å². The minimum Gasteiger partial charge on any atom is -0.355 e. The summed E-state index contributed by atoms with van der Waals surface area (Å²) in [5.41, 5.74) is 2.78. The molecule has 2 aliphatic rings. The van der Waals surface area contributed by atoms with Gasteiger partial charge in [0.25, 0.3) is 0 Å². The summed E-state index contributed by atoms with van der Waals surface area (Å²) in [5.74, 6) is 1.83. The molecule has 1 aromatic rings. The molecule has 1 aromatic heterocycles. The van der Waals surface area contributed by atoms with E-state index >= 15 is 0 Å². The third kappa shape index (κ3) is 2.39. The van der Waals surface area contributed by atoms with Crippen LogP contribution in [0, 0.1) is 5.92 Å². The molecule has 2 heterocycles. The Morgan fingerprint density at radius 2 is 2.22 bits per heavy atom. The fourth-order valence-electron chi connectivity index (χ4n) is 3.18. The molecule has 1 aliphatic heterocycles. The lowest BCUT2D eigenvalue weighted by Gasteiger charge is -2.23. The van der Waals surface area contributed by atoms with Gasteiger partial charge in [-0.2, -0.15) is 0 Å². The Bertz CT molecular complexity index is 404. The molecule has 2 N–H and O–H groups in total. The monoisotopic (exact) mass is 248 g/mol. The lowest BCUT2D eigenvalue weighted by Crippen LogP contribution is -2.33. The quantitative estimate of drug-likeness (QED) is 0.855. The summed E-state index contributed by atoms with van der Waals surface area (Å²) in [6, 6.07) is 0. The van der Waals surface area contributed by atoms with Crippen molar-refractivity contribution in [1.82, 2.24) is 14.9 Å². The molecule has 0 bridgehead atoms. The number of nitrogens with one attached hydrogen (secondary N) is 2. The van der Waals surface area contributed by atoms with Crippen LogP contribution in [0.3, 0.4) is 0 Å². The highest BCUT2D eigenvalue weighted by molar-refractivity contribution is 5.35. The second-order valence-electron chi connectivity index (χ2n) is 5.69. The first-order valence-corrected chi connectivity index (χ1v) is 7.33. The third-order valence-corrected chi connectivity index (χ3v) is 4.32. The largest absolute Gasteiger partial charge is 0.355 e.